The Morgan fingerprint density at radius 3 is 2.42 bits per heavy atom. The Hall–Kier alpha value is -0.540. The minimum Gasteiger partial charge on any atom is -0.224 e. The van der Waals surface area contributed by atoms with Crippen molar-refractivity contribution in [3.05, 3.63) is 35.7 Å². The van der Waals surface area contributed by atoms with Crippen LogP contribution in [0.1, 0.15) is 5.56 Å². The fourth-order valence-corrected chi connectivity index (χ4v) is 2.16. The Bertz CT molecular complexity index is 396. The molecule has 0 atom stereocenters. The summed E-state index contributed by atoms with van der Waals surface area (Å²) < 4.78 is 22.2. The van der Waals surface area contributed by atoms with Gasteiger partial charge in [-0.1, -0.05) is 17.7 Å². The monoisotopic (exact) mass is 203 g/mol. The topological polar surface area (TPSA) is 34.1 Å². The van der Waals surface area contributed by atoms with Gasteiger partial charge < -0.3 is 0 Å². The largest absolute Gasteiger partial charge is 0.224 e. The quantitative estimate of drug-likeness (QED) is 0.699. The summed E-state index contributed by atoms with van der Waals surface area (Å²) in [5, 5.41) is 0.241. The molecule has 0 bridgehead atoms. The number of halogens is 1. The van der Waals surface area contributed by atoms with Gasteiger partial charge in [-0.25, -0.2) is 8.42 Å². The lowest BCUT2D eigenvalue weighted by Gasteiger charge is -2.01. The highest BCUT2D eigenvalue weighted by Crippen LogP contribution is 2.21. The van der Waals surface area contributed by atoms with Crippen molar-refractivity contribution in [2.75, 3.05) is 6.26 Å². The van der Waals surface area contributed by atoms with Crippen LogP contribution in [0.3, 0.4) is 0 Å². The molecule has 0 fully saturated rings. The zero-order chi connectivity index (χ0) is 9.35. The van der Waals surface area contributed by atoms with Gasteiger partial charge in [0.05, 0.1) is 9.92 Å². The van der Waals surface area contributed by atoms with Crippen molar-refractivity contribution in [2.45, 2.75) is 4.90 Å². The fourth-order valence-electron chi connectivity index (χ4n) is 0.832. The first-order chi connectivity index (χ1) is 5.41. The highest BCUT2D eigenvalue weighted by Gasteiger charge is 2.11. The van der Waals surface area contributed by atoms with E-state index in [-0.39, 0.29) is 9.92 Å². The first-order valence-corrected chi connectivity index (χ1v) is 5.50. The normalized spacial score (nSPS) is 11.6. The van der Waals surface area contributed by atoms with Crippen LogP contribution in [0.5, 0.6) is 0 Å². The van der Waals surface area contributed by atoms with E-state index in [2.05, 4.69) is 6.92 Å². The van der Waals surface area contributed by atoms with E-state index in [0.717, 1.165) is 6.26 Å². The van der Waals surface area contributed by atoms with Gasteiger partial charge in [-0.05, 0) is 24.6 Å². The third kappa shape index (κ3) is 1.99. The predicted octanol–water partition coefficient (Wildman–Crippen LogP) is 1.93. The SMILES string of the molecule is [CH2]c1ccc(Cl)c(S(C)(=O)=O)c1. The number of benzene rings is 1. The lowest BCUT2D eigenvalue weighted by molar-refractivity contribution is 0.602. The standard InChI is InChI=1S/C8H8ClO2S/c1-6-3-4-7(9)8(5-6)12(2,10)11/h3-5H,1H2,2H3. The number of sulfone groups is 1. The van der Waals surface area contributed by atoms with Crippen molar-refractivity contribution in [3.63, 3.8) is 0 Å². The Labute approximate surface area is 77.1 Å². The summed E-state index contributed by atoms with van der Waals surface area (Å²) in [6, 6.07) is 4.65. The van der Waals surface area contributed by atoms with Crippen LogP contribution in [0.2, 0.25) is 5.02 Å². The zero-order valence-electron chi connectivity index (χ0n) is 6.54. The molecular formula is C8H8ClO2S. The van der Waals surface area contributed by atoms with Gasteiger partial charge >= 0.3 is 0 Å². The van der Waals surface area contributed by atoms with Gasteiger partial charge in [0.25, 0.3) is 0 Å². The Morgan fingerprint density at radius 1 is 1.42 bits per heavy atom. The second-order valence-corrected chi connectivity index (χ2v) is 4.93. The first kappa shape index (κ1) is 9.55. The van der Waals surface area contributed by atoms with Crippen LogP contribution in [-0.4, -0.2) is 14.7 Å². The summed E-state index contributed by atoms with van der Waals surface area (Å²) in [6.45, 7) is 3.61. The Morgan fingerprint density at radius 2 is 2.00 bits per heavy atom. The van der Waals surface area contributed by atoms with E-state index in [1.807, 2.05) is 0 Å². The molecule has 1 rings (SSSR count). The minimum absolute atomic E-state index is 0.136. The summed E-state index contributed by atoms with van der Waals surface area (Å²) in [6.07, 6.45) is 1.12. The average molecular weight is 204 g/mol. The van der Waals surface area contributed by atoms with Crippen molar-refractivity contribution in [1.82, 2.24) is 0 Å². The molecule has 12 heavy (non-hydrogen) atoms. The van der Waals surface area contributed by atoms with E-state index in [4.69, 9.17) is 11.6 Å². The summed E-state index contributed by atoms with van der Waals surface area (Å²) in [7, 11) is -3.23. The number of hydrogen-bond donors (Lipinski definition) is 0. The average Bonchev–Trinajstić information content (AvgIpc) is 1.92. The van der Waals surface area contributed by atoms with Gasteiger partial charge in [0.1, 0.15) is 0 Å². The highest BCUT2D eigenvalue weighted by atomic mass is 35.5. The molecule has 0 aliphatic heterocycles. The van der Waals surface area contributed by atoms with E-state index >= 15 is 0 Å². The fraction of sp³-hybridized carbons (Fsp3) is 0.125. The molecule has 0 N–H and O–H groups in total. The smallest absolute Gasteiger partial charge is 0.177 e. The van der Waals surface area contributed by atoms with Crippen LogP contribution >= 0.6 is 11.6 Å². The number of rotatable bonds is 1. The van der Waals surface area contributed by atoms with Crippen LogP contribution in [0.4, 0.5) is 0 Å². The van der Waals surface area contributed by atoms with Gasteiger partial charge in [-0.3, -0.25) is 0 Å². The molecule has 0 aliphatic rings. The summed E-state index contributed by atoms with van der Waals surface area (Å²) in [5.74, 6) is 0. The van der Waals surface area contributed by atoms with Crippen LogP contribution in [-0.2, 0) is 9.84 Å². The molecule has 0 heterocycles. The molecule has 0 aromatic heterocycles. The predicted molar refractivity (Wildman–Crippen MR) is 49.0 cm³/mol. The molecule has 0 spiro atoms. The van der Waals surface area contributed by atoms with Gasteiger partial charge in [0, 0.05) is 6.26 Å². The van der Waals surface area contributed by atoms with Crippen LogP contribution in [0.15, 0.2) is 23.1 Å². The highest BCUT2D eigenvalue weighted by molar-refractivity contribution is 7.90. The summed E-state index contributed by atoms with van der Waals surface area (Å²) in [4.78, 5) is 0.136. The van der Waals surface area contributed by atoms with E-state index in [1.165, 1.54) is 12.1 Å². The molecule has 1 radical (unpaired) electrons. The van der Waals surface area contributed by atoms with Crippen LogP contribution in [0.25, 0.3) is 0 Å². The third-order valence-corrected chi connectivity index (χ3v) is 2.97. The van der Waals surface area contributed by atoms with Gasteiger partial charge in [-0.15, -0.1) is 0 Å². The Balaban J connectivity index is 3.43. The van der Waals surface area contributed by atoms with Crippen molar-refractivity contribution in [3.8, 4) is 0 Å². The van der Waals surface area contributed by atoms with Crippen molar-refractivity contribution >= 4 is 21.4 Å². The van der Waals surface area contributed by atoms with E-state index < -0.39 is 9.84 Å². The van der Waals surface area contributed by atoms with Gasteiger partial charge in [0.2, 0.25) is 0 Å². The molecule has 0 saturated heterocycles. The van der Waals surface area contributed by atoms with Gasteiger partial charge in [-0.2, -0.15) is 0 Å². The second kappa shape index (κ2) is 3.07. The van der Waals surface area contributed by atoms with Crippen molar-refractivity contribution in [2.24, 2.45) is 0 Å². The van der Waals surface area contributed by atoms with Crippen LogP contribution in [0, 0.1) is 6.92 Å². The molecule has 1 aromatic rings. The lowest BCUT2D eigenvalue weighted by Crippen LogP contribution is -1.98. The van der Waals surface area contributed by atoms with E-state index in [1.54, 1.807) is 6.07 Å². The molecule has 0 unspecified atom stereocenters. The summed E-state index contributed by atoms with van der Waals surface area (Å²) >= 11 is 5.67. The Kier molecular flexibility index (Phi) is 2.44. The molecular weight excluding hydrogens is 196 g/mol. The van der Waals surface area contributed by atoms with Crippen LogP contribution < -0.4 is 0 Å². The zero-order valence-corrected chi connectivity index (χ0v) is 8.11. The first-order valence-electron chi connectivity index (χ1n) is 3.23. The second-order valence-electron chi connectivity index (χ2n) is 2.54. The third-order valence-electron chi connectivity index (χ3n) is 1.40. The van der Waals surface area contributed by atoms with E-state index in [9.17, 15) is 8.42 Å². The maximum atomic E-state index is 11.1. The molecule has 4 heteroatoms. The summed E-state index contributed by atoms with van der Waals surface area (Å²) in [5.41, 5.74) is 0.639. The molecule has 0 saturated carbocycles. The maximum Gasteiger partial charge on any atom is 0.177 e. The maximum absolute atomic E-state index is 11.1. The minimum atomic E-state index is -3.23. The lowest BCUT2D eigenvalue weighted by atomic mass is 10.2. The molecule has 1 aromatic carbocycles. The molecule has 0 aliphatic carbocycles. The molecule has 65 valence electrons. The number of hydrogen-bond acceptors (Lipinski definition) is 2. The van der Waals surface area contributed by atoms with Crippen molar-refractivity contribution < 1.29 is 8.42 Å². The van der Waals surface area contributed by atoms with Crippen molar-refractivity contribution in [1.29, 1.82) is 0 Å². The molecule has 2 nitrogen and oxygen atoms in total. The van der Waals surface area contributed by atoms with E-state index in [0.29, 0.717) is 5.56 Å². The van der Waals surface area contributed by atoms with Gasteiger partial charge in [0.15, 0.2) is 9.84 Å². The molecule has 0 amide bonds.